The van der Waals surface area contributed by atoms with Gasteiger partial charge in [-0.15, -0.1) is 11.3 Å². The van der Waals surface area contributed by atoms with E-state index in [1.807, 2.05) is 6.92 Å². The normalized spacial score (nSPS) is 12.5. The molecule has 15 heavy (non-hydrogen) atoms. The van der Waals surface area contributed by atoms with Crippen LogP contribution in [0.1, 0.15) is 47.3 Å². The Bertz CT molecular complexity index is 319. The van der Waals surface area contributed by atoms with Crippen molar-refractivity contribution in [1.29, 1.82) is 0 Å². The van der Waals surface area contributed by atoms with Gasteiger partial charge in [-0.25, -0.2) is 4.79 Å². The van der Waals surface area contributed by atoms with Crippen LogP contribution in [-0.2, 0) is 4.74 Å². The molecule has 0 aliphatic heterocycles. The molecule has 1 aromatic heterocycles. The average molecular weight is 228 g/mol. The molecule has 1 rings (SSSR count). The van der Waals surface area contributed by atoms with E-state index in [-0.39, 0.29) is 5.97 Å². The lowest BCUT2D eigenvalue weighted by molar-refractivity contribution is 0.0532. The zero-order valence-electron chi connectivity index (χ0n) is 9.03. The van der Waals surface area contributed by atoms with E-state index in [0.29, 0.717) is 11.5 Å². The lowest BCUT2D eigenvalue weighted by Crippen LogP contribution is -2.01. The number of rotatable bonds is 5. The van der Waals surface area contributed by atoms with Gasteiger partial charge in [-0.05, 0) is 25.5 Å². The molecule has 0 aliphatic rings. The fraction of sp³-hybridized carbons (Fsp3) is 0.545. The second kappa shape index (κ2) is 5.88. The van der Waals surface area contributed by atoms with Crippen molar-refractivity contribution in [3.63, 3.8) is 0 Å². The first-order chi connectivity index (χ1) is 7.19. The Labute approximate surface area is 93.7 Å². The Hall–Kier alpha value is -0.870. The van der Waals surface area contributed by atoms with E-state index in [4.69, 9.17) is 4.74 Å². The second-order valence-corrected chi connectivity index (χ2v) is 4.34. The zero-order valence-corrected chi connectivity index (χ0v) is 9.84. The van der Waals surface area contributed by atoms with Crippen LogP contribution < -0.4 is 0 Å². The molecule has 0 radical (unpaired) electrons. The van der Waals surface area contributed by atoms with Gasteiger partial charge in [0.15, 0.2) is 0 Å². The van der Waals surface area contributed by atoms with Crippen molar-refractivity contribution in [3.8, 4) is 0 Å². The molecule has 84 valence electrons. The standard InChI is InChI=1S/C11H16O3S/c1-3-5-8(12)9-6-7-10(15-9)11(13)14-4-2/h6-8,12H,3-5H2,1-2H3. The SMILES string of the molecule is CCCC(O)c1ccc(C(=O)OCC)s1. The highest BCUT2D eigenvalue weighted by Gasteiger charge is 2.14. The van der Waals surface area contributed by atoms with E-state index in [1.165, 1.54) is 11.3 Å². The first kappa shape index (κ1) is 12.2. The highest BCUT2D eigenvalue weighted by Crippen LogP contribution is 2.26. The van der Waals surface area contributed by atoms with E-state index >= 15 is 0 Å². The minimum atomic E-state index is -0.455. The summed E-state index contributed by atoms with van der Waals surface area (Å²) in [5.41, 5.74) is 0. The molecule has 1 atom stereocenters. The number of hydrogen-bond acceptors (Lipinski definition) is 4. The van der Waals surface area contributed by atoms with E-state index < -0.39 is 6.10 Å². The maximum atomic E-state index is 11.3. The molecule has 4 heteroatoms. The molecular formula is C11H16O3S. The minimum absolute atomic E-state index is 0.308. The van der Waals surface area contributed by atoms with Crippen LogP contribution in [-0.4, -0.2) is 17.7 Å². The van der Waals surface area contributed by atoms with Crippen LogP contribution >= 0.6 is 11.3 Å². The highest BCUT2D eigenvalue weighted by molar-refractivity contribution is 7.14. The summed E-state index contributed by atoms with van der Waals surface area (Å²) in [6.45, 7) is 4.17. The molecule has 0 amide bonds. The van der Waals surface area contributed by atoms with Crippen molar-refractivity contribution in [1.82, 2.24) is 0 Å². The molecule has 0 fully saturated rings. The van der Waals surface area contributed by atoms with Crippen molar-refractivity contribution in [2.24, 2.45) is 0 Å². The zero-order chi connectivity index (χ0) is 11.3. The van der Waals surface area contributed by atoms with Crippen LogP contribution in [0.5, 0.6) is 0 Å². The van der Waals surface area contributed by atoms with Gasteiger partial charge in [0, 0.05) is 4.88 Å². The van der Waals surface area contributed by atoms with Crippen molar-refractivity contribution in [2.45, 2.75) is 32.8 Å². The number of thiophene rings is 1. The molecule has 0 aromatic carbocycles. The smallest absolute Gasteiger partial charge is 0.348 e. The number of aliphatic hydroxyl groups is 1. The fourth-order valence-electron chi connectivity index (χ4n) is 1.26. The lowest BCUT2D eigenvalue weighted by atomic mass is 10.2. The van der Waals surface area contributed by atoms with Crippen LogP contribution in [0.25, 0.3) is 0 Å². The van der Waals surface area contributed by atoms with E-state index in [1.54, 1.807) is 19.1 Å². The number of carbonyl (C=O) groups is 1. The molecule has 0 aliphatic carbocycles. The van der Waals surface area contributed by atoms with Crippen LogP contribution in [0, 0.1) is 0 Å². The van der Waals surface area contributed by atoms with Gasteiger partial charge in [0.1, 0.15) is 4.88 Å². The monoisotopic (exact) mass is 228 g/mol. The summed E-state index contributed by atoms with van der Waals surface area (Å²) in [7, 11) is 0. The molecular weight excluding hydrogens is 212 g/mol. The Morgan fingerprint density at radius 3 is 2.87 bits per heavy atom. The van der Waals surface area contributed by atoms with Crippen molar-refractivity contribution in [3.05, 3.63) is 21.9 Å². The average Bonchev–Trinajstić information content (AvgIpc) is 2.67. The van der Waals surface area contributed by atoms with E-state index in [2.05, 4.69) is 0 Å². The third kappa shape index (κ3) is 3.32. The van der Waals surface area contributed by atoms with Crippen LogP contribution in [0.2, 0.25) is 0 Å². The van der Waals surface area contributed by atoms with Gasteiger partial charge in [0.2, 0.25) is 0 Å². The molecule has 0 spiro atoms. The Balaban J connectivity index is 2.67. The molecule has 1 aromatic rings. The van der Waals surface area contributed by atoms with E-state index in [9.17, 15) is 9.90 Å². The summed E-state index contributed by atoms with van der Waals surface area (Å²) in [6.07, 6.45) is 1.19. The minimum Gasteiger partial charge on any atom is -0.462 e. The highest BCUT2D eigenvalue weighted by atomic mass is 32.1. The number of esters is 1. The first-order valence-corrected chi connectivity index (χ1v) is 5.95. The van der Waals surface area contributed by atoms with Crippen molar-refractivity contribution in [2.75, 3.05) is 6.61 Å². The summed E-state index contributed by atoms with van der Waals surface area (Å²) in [6, 6.07) is 3.49. The second-order valence-electron chi connectivity index (χ2n) is 3.23. The molecule has 0 saturated heterocycles. The molecule has 1 heterocycles. The van der Waals surface area contributed by atoms with Gasteiger partial charge in [-0.3, -0.25) is 0 Å². The van der Waals surface area contributed by atoms with Gasteiger partial charge in [0.25, 0.3) is 0 Å². The number of carbonyl (C=O) groups excluding carboxylic acids is 1. The lowest BCUT2D eigenvalue weighted by Gasteiger charge is -2.05. The topological polar surface area (TPSA) is 46.5 Å². The summed E-state index contributed by atoms with van der Waals surface area (Å²) >= 11 is 1.30. The summed E-state index contributed by atoms with van der Waals surface area (Å²) in [5.74, 6) is -0.308. The number of aliphatic hydroxyl groups excluding tert-OH is 1. The Morgan fingerprint density at radius 1 is 1.53 bits per heavy atom. The van der Waals surface area contributed by atoms with Gasteiger partial charge in [-0.1, -0.05) is 13.3 Å². The molecule has 1 N–H and O–H groups in total. The Kier molecular flexibility index (Phi) is 4.78. The summed E-state index contributed by atoms with van der Waals surface area (Å²) in [5, 5.41) is 9.70. The summed E-state index contributed by atoms with van der Waals surface area (Å²) in [4.78, 5) is 12.7. The largest absolute Gasteiger partial charge is 0.462 e. The predicted octanol–water partition coefficient (Wildman–Crippen LogP) is 2.76. The molecule has 0 saturated carbocycles. The molecule has 1 unspecified atom stereocenters. The van der Waals surface area contributed by atoms with Gasteiger partial charge < -0.3 is 9.84 Å². The molecule has 3 nitrogen and oxygen atoms in total. The van der Waals surface area contributed by atoms with Gasteiger partial charge in [0.05, 0.1) is 12.7 Å². The van der Waals surface area contributed by atoms with Gasteiger partial charge in [-0.2, -0.15) is 0 Å². The van der Waals surface area contributed by atoms with Crippen molar-refractivity contribution >= 4 is 17.3 Å². The first-order valence-electron chi connectivity index (χ1n) is 5.14. The van der Waals surface area contributed by atoms with Crippen molar-refractivity contribution < 1.29 is 14.6 Å². The predicted molar refractivity (Wildman–Crippen MR) is 60.1 cm³/mol. The molecule has 0 bridgehead atoms. The third-order valence-electron chi connectivity index (χ3n) is 1.99. The number of ether oxygens (including phenoxy) is 1. The maximum Gasteiger partial charge on any atom is 0.348 e. The maximum absolute atomic E-state index is 11.3. The fourth-order valence-corrected chi connectivity index (χ4v) is 2.18. The summed E-state index contributed by atoms with van der Waals surface area (Å²) < 4.78 is 4.87. The van der Waals surface area contributed by atoms with Crippen LogP contribution in [0.3, 0.4) is 0 Å². The number of hydrogen-bond donors (Lipinski definition) is 1. The van der Waals surface area contributed by atoms with Crippen LogP contribution in [0.15, 0.2) is 12.1 Å². The third-order valence-corrected chi connectivity index (χ3v) is 3.16. The van der Waals surface area contributed by atoms with Crippen LogP contribution in [0.4, 0.5) is 0 Å². The van der Waals surface area contributed by atoms with Gasteiger partial charge >= 0.3 is 5.97 Å². The Morgan fingerprint density at radius 2 is 2.27 bits per heavy atom. The van der Waals surface area contributed by atoms with E-state index in [0.717, 1.165) is 17.7 Å². The quantitative estimate of drug-likeness (QED) is 0.788.